The average Bonchev–Trinajstić information content (AvgIpc) is 3.05. The summed E-state index contributed by atoms with van der Waals surface area (Å²) in [6, 6.07) is 6.00. The van der Waals surface area contributed by atoms with Crippen LogP contribution in [-0.4, -0.2) is 32.0 Å². The third-order valence-electron chi connectivity index (χ3n) is 5.21. The van der Waals surface area contributed by atoms with Crippen LogP contribution in [0.3, 0.4) is 0 Å². The number of aryl methyl sites for hydroxylation is 1. The zero-order valence-corrected chi connectivity index (χ0v) is 18.4. The topological polar surface area (TPSA) is 87.7 Å². The Balaban J connectivity index is 0.00000145. The number of carboxylic acid groups (broad SMARTS) is 1. The number of anilines is 1. The molecule has 1 aliphatic carbocycles. The number of rotatable bonds is 7. The van der Waals surface area contributed by atoms with Crippen molar-refractivity contribution in [1.29, 1.82) is 0 Å². The quantitative estimate of drug-likeness (QED) is 0.627. The highest BCUT2D eigenvalue weighted by molar-refractivity contribution is 7.16. The Kier molecular flexibility index (Phi) is 7.81. The van der Waals surface area contributed by atoms with Gasteiger partial charge in [0.15, 0.2) is 0 Å². The zero-order chi connectivity index (χ0) is 21.6. The van der Waals surface area contributed by atoms with Crippen LogP contribution < -0.4 is 15.4 Å². The van der Waals surface area contributed by atoms with E-state index in [-0.39, 0.29) is 5.41 Å². The van der Waals surface area contributed by atoms with Crippen molar-refractivity contribution in [3.05, 3.63) is 45.3 Å². The highest BCUT2D eigenvalue weighted by Crippen LogP contribution is 2.44. The minimum atomic E-state index is -0.835. The van der Waals surface area contributed by atoms with Gasteiger partial charge in [0.2, 0.25) is 0 Å². The molecule has 0 fully saturated rings. The number of carbonyl (C=O) groups excluding carboxylic acids is 1. The largest absolute Gasteiger partial charge is 0.497 e. The summed E-state index contributed by atoms with van der Waals surface area (Å²) in [6.45, 7) is 7.75. The van der Waals surface area contributed by atoms with E-state index in [9.17, 15) is 9.90 Å². The van der Waals surface area contributed by atoms with Gasteiger partial charge >= 0.3 is 5.97 Å². The first kappa shape index (κ1) is 22.9. The highest BCUT2D eigenvalue weighted by atomic mass is 32.1. The molecule has 3 N–H and O–H groups in total. The summed E-state index contributed by atoms with van der Waals surface area (Å²) >= 11 is 1.60. The Morgan fingerprint density at radius 3 is 2.62 bits per heavy atom. The van der Waals surface area contributed by atoms with E-state index in [0.717, 1.165) is 53.2 Å². The van der Waals surface area contributed by atoms with Crippen molar-refractivity contribution in [2.45, 2.75) is 46.2 Å². The maximum absolute atomic E-state index is 12.0. The van der Waals surface area contributed by atoms with Gasteiger partial charge in [-0.1, -0.05) is 19.9 Å². The molecule has 0 saturated carbocycles. The Hall–Kier alpha value is -2.38. The van der Waals surface area contributed by atoms with Crippen molar-refractivity contribution in [3.63, 3.8) is 0 Å². The molecule has 29 heavy (non-hydrogen) atoms. The van der Waals surface area contributed by atoms with E-state index >= 15 is 0 Å². The maximum atomic E-state index is 12.0. The van der Waals surface area contributed by atoms with Gasteiger partial charge in [-0.15, -0.1) is 11.3 Å². The summed E-state index contributed by atoms with van der Waals surface area (Å²) < 4.78 is 5.32. The molecular formula is C22H30N2O4S. The number of carboxylic acids is 1. The van der Waals surface area contributed by atoms with Crippen molar-refractivity contribution in [1.82, 2.24) is 5.32 Å². The maximum Gasteiger partial charge on any atom is 0.338 e. The average molecular weight is 419 g/mol. The molecule has 0 radical (unpaired) electrons. The van der Waals surface area contributed by atoms with Gasteiger partial charge in [0, 0.05) is 18.0 Å². The van der Waals surface area contributed by atoms with E-state index in [2.05, 4.69) is 24.5 Å². The van der Waals surface area contributed by atoms with E-state index in [0.29, 0.717) is 12.1 Å². The number of carbonyl (C=O) groups is 2. The van der Waals surface area contributed by atoms with Crippen LogP contribution >= 0.6 is 11.3 Å². The van der Waals surface area contributed by atoms with Gasteiger partial charge in [0.05, 0.1) is 12.7 Å². The number of methoxy groups -OCH3 is 1. The van der Waals surface area contributed by atoms with Gasteiger partial charge in [0.1, 0.15) is 17.5 Å². The molecule has 0 atom stereocenters. The summed E-state index contributed by atoms with van der Waals surface area (Å²) in [5, 5.41) is 17.2. The summed E-state index contributed by atoms with van der Waals surface area (Å²) in [5.41, 5.74) is 3.92. The van der Waals surface area contributed by atoms with Gasteiger partial charge in [0.25, 0.3) is 0 Å². The van der Waals surface area contributed by atoms with Crippen LogP contribution in [0.15, 0.2) is 18.2 Å². The molecule has 0 unspecified atom stereocenters. The molecule has 1 aromatic carbocycles. The lowest BCUT2D eigenvalue weighted by molar-refractivity contribution is -0.0980. The van der Waals surface area contributed by atoms with Crippen LogP contribution in [0, 0.1) is 5.41 Å². The van der Waals surface area contributed by atoms with Crippen molar-refractivity contribution in [3.8, 4) is 5.75 Å². The smallest absolute Gasteiger partial charge is 0.338 e. The van der Waals surface area contributed by atoms with Crippen molar-refractivity contribution in [2.24, 2.45) is 5.41 Å². The minimum Gasteiger partial charge on any atom is -0.497 e. The molecule has 2 aromatic rings. The standard InChI is InChI=1S/C21H28N2O3S.CH2O/c1-21(2)8-7-17-16(10-21)18(20(24)25)19(27-17)23-12-13-5-6-15(26-4)9-14(13)11-22-3;1-2/h5-6,9,22-23H,7-8,10-12H2,1-4H3,(H,24,25);1H2. The Labute approximate surface area is 176 Å². The molecule has 0 spiro atoms. The second-order valence-corrected chi connectivity index (χ2v) is 8.98. The SMILES string of the molecule is C=O.CNCc1cc(OC)ccc1CNc1sc2c(c1C(=O)O)CC(C)(C)CC2. The molecule has 1 aliphatic rings. The number of nitrogens with one attached hydrogen (secondary N) is 2. The molecule has 0 saturated heterocycles. The predicted molar refractivity (Wildman–Crippen MR) is 117 cm³/mol. The second-order valence-electron chi connectivity index (χ2n) is 7.87. The molecule has 158 valence electrons. The number of aromatic carboxylic acids is 1. The molecule has 7 heteroatoms. The molecule has 0 aliphatic heterocycles. The van der Waals surface area contributed by atoms with Gasteiger partial charge in [-0.2, -0.15) is 0 Å². The number of hydrogen-bond acceptors (Lipinski definition) is 6. The summed E-state index contributed by atoms with van der Waals surface area (Å²) in [4.78, 5) is 21.2. The highest BCUT2D eigenvalue weighted by Gasteiger charge is 2.32. The molecule has 3 rings (SSSR count). The van der Waals surface area contributed by atoms with Gasteiger partial charge < -0.3 is 25.3 Å². The first-order valence-electron chi connectivity index (χ1n) is 9.55. The van der Waals surface area contributed by atoms with Crippen LogP contribution in [0.2, 0.25) is 0 Å². The second kappa shape index (κ2) is 9.89. The fraction of sp³-hybridized carbons (Fsp3) is 0.455. The van der Waals surface area contributed by atoms with E-state index < -0.39 is 5.97 Å². The van der Waals surface area contributed by atoms with Gasteiger partial charge in [-0.3, -0.25) is 0 Å². The van der Waals surface area contributed by atoms with E-state index in [1.165, 1.54) is 4.88 Å². The predicted octanol–water partition coefficient (Wildman–Crippen LogP) is 4.12. The Bertz CT molecular complexity index is 861. The molecule has 1 aromatic heterocycles. The lowest BCUT2D eigenvalue weighted by Crippen LogP contribution is -2.22. The monoisotopic (exact) mass is 418 g/mol. The van der Waals surface area contributed by atoms with E-state index in [1.807, 2.05) is 32.0 Å². The van der Waals surface area contributed by atoms with Crippen LogP contribution in [0.1, 0.15) is 52.2 Å². The van der Waals surface area contributed by atoms with E-state index in [4.69, 9.17) is 9.53 Å². The Morgan fingerprint density at radius 2 is 2.00 bits per heavy atom. The van der Waals surface area contributed by atoms with Crippen molar-refractivity contribution >= 4 is 29.1 Å². The number of ether oxygens (including phenoxy) is 1. The minimum absolute atomic E-state index is 0.158. The number of fused-ring (bicyclic) bond motifs is 1. The third kappa shape index (κ3) is 5.36. The van der Waals surface area contributed by atoms with Crippen molar-refractivity contribution < 1.29 is 19.4 Å². The number of thiophene rings is 1. The number of hydrogen-bond donors (Lipinski definition) is 3. The molecular weight excluding hydrogens is 388 g/mol. The summed E-state index contributed by atoms with van der Waals surface area (Å²) in [6.07, 6.45) is 2.89. The van der Waals surface area contributed by atoms with Gasteiger partial charge in [-0.25, -0.2) is 4.79 Å². The Morgan fingerprint density at radius 1 is 1.28 bits per heavy atom. The van der Waals surface area contributed by atoms with Crippen LogP contribution in [0.4, 0.5) is 5.00 Å². The fourth-order valence-corrected chi connectivity index (χ4v) is 4.91. The summed E-state index contributed by atoms with van der Waals surface area (Å²) in [7, 11) is 3.57. The third-order valence-corrected chi connectivity index (χ3v) is 6.46. The fourth-order valence-electron chi connectivity index (χ4n) is 3.70. The molecule has 1 heterocycles. The lowest BCUT2D eigenvalue weighted by Gasteiger charge is -2.29. The number of benzene rings is 1. The molecule has 0 bridgehead atoms. The van der Waals surface area contributed by atoms with E-state index in [1.54, 1.807) is 18.4 Å². The lowest BCUT2D eigenvalue weighted by atomic mass is 9.76. The molecule has 6 nitrogen and oxygen atoms in total. The van der Waals surface area contributed by atoms with Crippen LogP contribution in [0.5, 0.6) is 5.75 Å². The normalized spacial score (nSPS) is 14.3. The summed E-state index contributed by atoms with van der Waals surface area (Å²) in [5.74, 6) is -0.0121. The zero-order valence-electron chi connectivity index (χ0n) is 17.6. The van der Waals surface area contributed by atoms with Crippen LogP contribution in [0.25, 0.3) is 0 Å². The van der Waals surface area contributed by atoms with Crippen molar-refractivity contribution in [2.75, 3.05) is 19.5 Å². The van der Waals surface area contributed by atoms with Crippen LogP contribution in [-0.2, 0) is 30.7 Å². The first-order chi connectivity index (χ1) is 13.8. The van der Waals surface area contributed by atoms with Gasteiger partial charge in [-0.05, 0) is 60.5 Å². The first-order valence-corrected chi connectivity index (χ1v) is 10.4. The molecule has 0 amide bonds.